The van der Waals surface area contributed by atoms with Gasteiger partial charge in [-0.25, -0.2) is 26.9 Å². The summed E-state index contributed by atoms with van der Waals surface area (Å²) in [5, 5.41) is 17.3. The van der Waals surface area contributed by atoms with E-state index >= 15 is 0 Å². The molecular formula is C28H19F8N5O4S. The molecule has 0 saturated heterocycles. The molecule has 9 nitrogen and oxygen atoms in total. The number of aliphatic hydroxyl groups is 1. The van der Waals surface area contributed by atoms with Gasteiger partial charge < -0.3 is 14.4 Å². The molecule has 18 heteroatoms. The van der Waals surface area contributed by atoms with Gasteiger partial charge in [-0.15, -0.1) is 18.3 Å². The van der Waals surface area contributed by atoms with Gasteiger partial charge in [0.1, 0.15) is 11.6 Å². The molecular weight excluding hydrogens is 654 g/mol. The van der Waals surface area contributed by atoms with Crippen molar-refractivity contribution in [2.24, 2.45) is 0 Å². The van der Waals surface area contributed by atoms with Crippen molar-refractivity contribution in [1.82, 2.24) is 24.5 Å². The number of nitrogens with zero attached hydrogens (tertiary/aromatic N) is 5. The molecule has 0 radical (unpaired) electrons. The second-order valence-electron chi connectivity index (χ2n) is 9.83. The van der Waals surface area contributed by atoms with E-state index in [1.54, 1.807) is 0 Å². The Morgan fingerprint density at radius 2 is 1.57 bits per heavy atom. The van der Waals surface area contributed by atoms with E-state index in [2.05, 4.69) is 20.0 Å². The number of ether oxygens (including phenoxy) is 1. The molecule has 0 aliphatic heterocycles. The van der Waals surface area contributed by atoms with Crippen molar-refractivity contribution in [1.29, 1.82) is 0 Å². The quantitative estimate of drug-likeness (QED) is 0.205. The van der Waals surface area contributed by atoms with Gasteiger partial charge in [-0.05, 0) is 60.5 Å². The molecule has 5 rings (SSSR count). The van der Waals surface area contributed by atoms with Crippen LogP contribution < -0.4 is 4.74 Å². The fourth-order valence-electron chi connectivity index (χ4n) is 4.67. The van der Waals surface area contributed by atoms with Gasteiger partial charge >= 0.3 is 12.5 Å². The van der Waals surface area contributed by atoms with Gasteiger partial charge in [0.25, 0.3) is 0 Å². The minimum Gasteiger partial charge on any atom is -0.403 e. The summed E-state index contributed by atoms with van der Waals surface area (Å²) < 4.78 is 139. The van der Waals surface area contributed by atoms with Crippen molar-refractivity contribution in [2.45, 2.75) is 31.0 Å². The number of halogens is 8. The zero-order valence-corrected chi connectivity index (χ0v) is 24.1. The Kier molecular flexibility index (Phi) is 8.14. The van der Waals surface area contributed by atoms with Crippen molar-refractivity contribution >= 4 is 9.84 Å². The predicted octanol–water partition coefficient (Wildman–Crippen LogP) is 6.19. The number of alkyl halides is 6. The lowest BCUT2D eigenvalue weighted by molar-refractivity contribution is -0.275. The van der Waals surface area contributed by atoms with Gasteiger partial charge in [0, 0.05) is 23.6 Å². The van der Waals surface area contributed by atoms with Crippen molar-refractivity contribution in [3.8, 4) is 39.5 Å². The average Bonchev–Trinajstić information content (AvgIpc) is 3.59. The first-order valence-corrected chi connectivity index (χ1v) is 14.6. The highest BCUT2D eigenvalue weighted by atomic mass is 32.2. The molecule has 0 bridgehead atoms. The van der Waals surface area contributed by atoms with E-state index in [1.807, 2.05) is 0 Å². The highest BCUT2D eigenvalue weighted by Gasteiger charge is 2.35. The molecule has 0 amide bonds. The summed E-state index contributed by atoms with van der Waals surface area (Å²) in [6.45, 7) is 0.358. The lowest BCUT2D eigenvalue weighted by Crippen LogP contribution is -2.17. The molecule has 0 aliphatic carbocycles. The minimum atomic E-state index is -5.18. The van der Waals surface area contributed by atoms with Crippen LogP contribution in [0.5, 0.6) is 5.75 Å². The van der Waals surface area contributed by atoms with E-state index in [9.17, 15) is 48.6 Å². The minimum absolute atomic E-state index is 0.00397. The fraction of sp³-hybridized carbons (Fsp3) is 0.179. The van der Waals surface area contributed by atoms with Crippen LogP contribution in [0, 0.1) is 18.6 Å². The summed E-state index contributed by atoms with van der Waals surface area (Å²) in [5.74, 6) is -3.70. The summed E-state index contributed by atoms with van der Waals surface area (Å²) in [7, 11) is -4.04. The van der Waals surface area contributed by atoms with Crippen LogP contribution >= 0.6 is 0 Å². The standard InChI is InChI=1S/C28H19F8N5O4S/c1-14-38-26(27(31,32)33)12-40(14)21-5-3-15(17-8-19(29)18(13-42)25(10-17)46(2,43)44)9-22(21)41-23(11-37-39-41)16-4-6-24(20(30)7-16)45-28(34,35)36/h3-12,42H,13H2,1-2H3. The third kappa shape index (κ3) is 6.43. The zero-order valence-electron chi connectivity index (χ0n) is 23.3. The normalized spacial score (nSPS) is 12.5. The third-order valence-electron chi connectivity index (χ3n) is 6.68. The molecule has 0 aliphatic rings. The predicted molar refractivity (Wildman–Crippen MR) is 145 cm³/mol. The Labute approximate surface area is 254 Å². The Morgan fingerprint density at radius 3 is 2.15 bits per heavy atom. The third-order valence-corrected chi connectivity index (χ3v) is 7.85. The lowest BCUT2D eigenvalue weighted by Gasteiger charge is -2.17. The monoisotopic (exact) mass is 673 g/mol. The van der Waals surface area contributed by atoms with Crippen molar-refractivity contribution < 1.29 is 53.4 Å². The van der Waals surface area contributed by atoms with Gasteiger partial charge in [0.15, 0.2) is 27.1 Å². The molecule has 5 aromatic rings. The topological polar surface area (TPSA) is 112 Å². The van der Waals surface area contributed by atoms with E-state index in [0.29, 0.717) is 18.3 Å². The first-order valence-electron chi connectivity index (χ1n) is 12.8. The number of aryl methyl sites for hydroxylation is 1. The smallest absolute Gasteiger partial charge is 0.403 e. The van der Waals surface area contributed by atoms with E-state index in [0.717, 1.165) is 39.9 Å². The molecule has 0 saturated carbocycles. The lowest BCUT2D eigenvalue weighted by atomic mass is 10.0. The number of hydrogen-bond donors (Lipinski definition) is 1. The van der Waals surface area contributed by atoms with Crippen LogP contribution in [0.2, 0.25) is 0 Å². The van der Waals surface area contributed by atoms with Gasteiger partial charge in [-0.3, -0.25) is 0 Å². The van der Waals surface area contributed by atoms with Crippen molar-refractivity contribution in [2.75, 3.05) is 6.26 Å². The number of imidazole rings is 1. The van der Waals surface area contributed by atoms with Crippen LogP contribution in [0.15, 0.2) is 65.8 Å². The largest absolute Gasteiger partial charge is 0.573 e. The summed E-state index contributed by atoms with van der Waals surface area (Å²) in [4.78, 5) is 3.05. The zero-order chi connectivity index (χ0) is 33.8. The molecule has 2 heterocycles. The van der Waals surface area contributed by atoms with E-state index in [1.165, 1.54) is 25.1 Å². The number of sulfone groups is 1. The molecule has 0 fully saturated rings. The maximum Gasteiger partial charge on any atom is 0.573 e. The number of benzene rings is 3. The van der Waals surface area contributed by atoms with Crippen LogP contribution in [-0.4, -0.2) is 50.7 Å². The van der Waals surface area contributed by atoms with Gasteiger partial charge in [0.05, 0.1) is 34.8 Å². The van der Waals surface area contributed by atoms with Crippen LogP contribution in [0.3, 0.4) is 0 Å². The van der Waals surface area contributed by atoms with Crippen LogP contribution in [-0.2, 0) is 22.6 Å². The average molecular weight is 674 g/mol. The first kappa shape index (κ1) is 32.6. The summed E-state index contributed by atoms with van der Waals surface area (Å²) in [5.41, 5.74) is -1.75. The van der Waals surface area contributed by atoms with Crippen molar-refractivity contribution in [3.05, 3.63) is 89.6 Å². The van der Waals surface area contributed by atoms with Crippen molar-refractivity contribution in [3.63, 3.8) is 0 Å². The van der Waals surface area contributed by atoms with E-state index < -0.39 is 62.5 Å². The number of hydrogen-bond acceptors (Lipinski definition) is 7. The van der Waals surface area contributed by atoms with Gasteiger partial charge in [-0.2, -0.15) is 13.2 Å². The summed E-state index contributed by atoms with van der Waals surface area (Å²) >= 11 is 0. The highest BCUT2D eigenvalue weighted by molar-refractivity contribution is 7.90. The molecule has 242 valence electrons. The summed E-state index contributed by atoms with van der Waals surface area (Å²) in [6.07, 6.45) is -7.38. The van der Waals surface area contributed by atoms with Crippen LogP contribution in [0.1, 0.15) is 17.1 Å². The van der Waals surface area contributed by atoms with E-state index in [4.69, 9.17) is 0 Å². The number of aromatic nitrogens is 5. The SMILES string of the molecule is Cc1nc(C(F)(F)F)cn1-c1ccc(-c2cc(F)c(CO)c(S(C)(=O)=O)c2)cc1-n1nncc1-c1ccc(OC(F)(F)F)c(F)c1. The maximum atomic E-state index is 15.0. The van der Waals surface area contributed by atoms with Crippen LogP contribution in [0.4, 0.5) is 35.1 Å². The second-order valence-corrected chi connectivity index (χ2v) is 11.8. The second kappa shape index (κ2) is 11.5. The molecule has 0 unspecified atom stereocenters. The van der Waals surface area contributed by atoms with E-state index in [-0.39, 0.29) is 39.6 Å². The Bertz CT molecular complexity index is 2070. The molecule has 1 N–H and O–H groups in total. The highest BCUT2D eigenvalue weighted by Crippen LogP contribution is 2.36. The molecule has 0 atom stereocenters. The number of rotatable bonds is 7. The molecule has 3 aromatic carbocycles. The van der Waals surface area contributed by atoms with Crippen LogP contribution in [0.25, 0.3) is 33.8 Å². The maximum absolute atomic E-state index is 15.0. The summed E-state index contributed by atoms with van der Waals surface area (Å²) in [6, 6.07) is 8.48. The van der Waals surface area contributed by atoms with Gasteiger partial charge in [-0.1, -0.05) is 11.3 Å². The Morgan fingerprint density at radius 1 is 0.891 bits per heavy atom. The Balaban J connectivity index is 1.74. The number of aliphatic hydroxyl groups excluding tert-OH is 1. The fourth-order valence-corrected chi connectivity index (χ4v) is 5.62. The first-order chi connectivity index (χ1) is 21.4. The van der Waals surface area contributed by atoms with Gasteiger partial charge in [0.2, 0.25) is 0 Å². The molecule has 46 heavy (non-hydrogen) atoms. The molecule has 0 spiro atoms. The Hall–Kier alpha value is -4.84. The molecule has 2 aromatic heterocycles.